The fourth-order valence-corrected chi connectivity index (χ4v) is 0.483. The van der Waals surface area contributed by atoms with Crippen molar-refractivity contribution in [2.45, 2.75) is 12.5 Å². The van der Waals surface area contributed by atoms with Crippen LogP contribution in [0.25, 0.3) is 0 Å². The van der Waals surface area contributed by atoms with Crippen LogP contribution in [0.15, 0.2) is 12.7 Å². The molecule has 72 valence electrons. The van der Waals surface area contributed by atoms with E-state index in [-0.39, 0.29) is 23.1 Å². The van der Waals surface area contributed by atoms with Gasteiger partial charge < -0.3 is 25.1 Å². The van der Waals surface area contributed by atoms with Crippen molar-refractivity contribution in [1.82, 2.24) is 5.32 Å². The SMILES string of the molecule is C=CC(=O)NC(C)(C(=O)[O-])C(=O)[O-].[Mg+2]. The van der Waals surface area contributed by atoms with Gasteiger partial charge >= 0.3 is 23.1 Å². The summed E-state index contributed by atoms with van der Waals surface area (Å²) in [6, 6.07) is 0. The molecule has 0 bridgehead atoms. The Morgan fingerprint density at radius 2 is 1.64 bits per heavy atom. The van der Waals surface area contributed by atoms with E-state index in [1.807, 2.05) is 0 Å². The molecule has 6 nitrogen and oxygen atoms in total. The summed E-state index contributed by atoms with van der Waals surface area (Å²) >= 11 is 0. The third-order valence-corrected chi connectivity index (χ3v) is 1.38. The molecule has 0 aliphatic heterocycles. The van der Waals surface area contributed by atoms with Crippen LogP contribution in [-0.2, 0) is 14.4 Å². The van der Waals surface area contributed by atoms with Gasteiger partial charge in [0.25, 0.3) is 0 Å². The molecule has 0 radical (unpaired) electrons. The fraction of sp³-hybridized carbons (Fsp3) is 0.286. The largest absolute Gasteiger partial charge is 2.00 e. The van der Waals surface area contributed by atoms with Gasteiger partial charge in [-0.1, -0.05) is 6.58 Å². The Kier molecular flexibility index (Phi) is 6.16. The molecule has 0 aromatic heterocycles. The van der Waals surface area contributed by atoms with Crippen molar-refractivity contribution in [3.8, 4) is 0 Å². The Balaban J connectivity index is 0. The van der Waals surface area contributed by atoms with Crippen molar-refractivity contribution in [2.75, 3.05) is 0 Å². The Hall–Kier alpha value is -1.08. The van der Waals surface area contributed by atoms with Crippen LogP contribution in [0.5, 0.6) is 0 Å². The summed E-state index contributed by atoms with van der Waals surface area (Å²) in [7, 11) is 0. The van der Waals surface area contributed by atoms with E-state index in [1.165, 1.54) is 0 Å². The van der Waals surface area contributed by atoms with Crippen LogP contribution in [0.4, 0.5) is 0 Å². The van der Waals surface area contributed by atoms with Gasteiger partial charge in [-0.15, -0.1) is 0 Å². The Morgan fingerprint density at radius 3 is 1.86 bits per heavy atom. The second-order valence-electron chi connectivity index (χ2n) is 2.39. The normalized spacial score (nSPS) is 9.50. The summed E-state index contributed by atoms with van der Waals surface area (Å²) in [6.45, 7) is 3.77. The molecule has 1 amide bonds. The molecule has 0 aliphatic carbocycles. The first-order valence-corrected chi connectivity index (χ1v) is 3.22. The predicted octanol–water partition coefficient (Wildman–Crippen LogP) is -3.83. The summed E-state index contributed by atoms with van der Waals surface area (Å²) in [6.07, 6.45) is 0.740. The van der Waals surface area contributed by atoms with Gasteiger partial charge in [0.05, 0.1) is 11.9 Å². The Morgan fingerprint density at radius 1 is 1.29 bits per heavy atom. The van der Waals surface area contributed by atoms with E-state index in [9.17, 15) is 24.6 Å². The number of hydrogen-bond donors (Lipinski definition) is 1. The number of hydrogen-bond acceptors (Lipinski definition) is 5. The molecule has 0 unspecified atom stereocenters. The third-order valence-electron chi connectivity index (χ3n) is 1.38. The smallest absolute Gasteiger partial charge is 0.547 e. The van der Waals surface area contributed by atoms with E-state index >= 15 is 0 Å². The third kappa shape index (κ3) is 3.34. The topological polar surface area (TPSA) is 109 Å². The van der Waals surface area contributed by atoms with Crippen molar-refractivity contribution in [1.29, 1.82) is 0 Å². The van der Waals surface area contributed by atoms with Crippen LogP contribution in [0.2, 0.25) is 0 Å². The number of carbonyl (C=O) groups excluding carboxylic acids is 3. The minimum atomic E-state index is -2.54. The predicted molar refractivity (Wildman–Crippen MR) is 42.5 cm³/mol. The zero-order valence-electron chi connectivity index (χ0n) is 7.53. The van der Waals surface area contributed by atoms with Crippen LogP contribution in [0.3, 0.4) is 0 Å². The van der Waals surface area contributed by atoms with Crippen LogP contribution in [-0.4, -0.2) is 46.4 Å². The molecule has 0 aromatic rings. The summed E-state index contributed by atoms with van der Waals surface area (Å²) in [5.74, 6) is -4.85. The van der Waals surface area contributed by atoms with Gasteiger partial charge in [0.2, 0.25) is 5.91 Å². The average molecular weight is 209 g/mol. The fourth-order valence-electron chi connectivity index (χ4n) is 0.483. The van der Waals surface area contributed by atoms with Crippen molar-refractivity contribution >= 4 is 40.9 Å². The van der Waals surface area contributed by atoms with Gasteiger partial charge in [-0.3, -0.25) is 4.79 Å². The minimum Gasteiger partial charge on any atom is -0.547 e. The maximum atomic E-state index is 10.6. The van der Waals surface area contributed by atoms with Gasteiger partial charge in [0.1, 0.15) is 5.54 Å². The van der Waals surface area contributed by atoms with Gasteiger partial charge in [0, 0.05) is 0 Å². The zero-order chi connectivity index (χ0) is 10.6. The monoisotopic (exact) mass is 209 g/mol. The molecule has 0 aliphatic rings. The molecule has 0 spiro atoms. The van der Waals surface area contributed by atoms with E-state index in [2.05, 4.69) is 6.58 Å². The van der Waals surface area contributed by atoms with Gasteiger partial charge in [-0.2, -0.15) is 0 Å². The first-order chi connectivity index (χ1) is 5.84. The number of carboxylic acid groups (broad SMARTS) is 2. The maximum Gasteiger partial charge on any atom is 2.00 e. The van der Waals surface area contributed by atoms with Crippen LogP contribution < -0.4 is 15.5 Å². The quantitative estimate of drug-likeness (QED) is 0.290. The van der Waals surface area contributed by atoms with Crippen molar-refractivity contribution < 1.29 is 24.6 Å². The first kappa shape index (κ1) is 15.4. The van der Waals surface area contributed by atoms with E-state index in [0.29, 0.717) is 0 Å². The second-order valence-corrected chi connectivity index (χ2v) is 2.39. The second kappa shape index (κ2) is 5.61. The molecule has 0 saturated heterocycles. The summed E-state index contributed by atoms with van der Waals surface area (Å²) in [5.41, 5.74) is -2.54. The molecule has 1 N–H and O–H groups in total. The molecule has 0 rings (SSSR count). The van der Waals surface area contributed by atoms with Crippen LogP contribution in [0.1, 0.15) is 6.92 Å². The number of rotatable bonds is 4. The molecule has 7 heteroatoms. The van der Waals surface area contributed by atoms with E-state index < -0.39 is 23.4 Å². The van der Waals surface area contributed by atoms with Gasteiger partial charge in [-0.05, 0) is 13.0 Å². The molecule has 0 fully saturated rings. The molecular weight excluding hydrogens is 202 g/mol. The summed E-state index contributed by atoms with van der Waals surface area (Å²) < 4.78 is 0. The van der Waals surface area contributed by atoms with E-state index in [4.69, 9.17) is 0 Å². The summed E-state index contributed by atoms with van der Waals surface area (Å²) in [4.78, 5) is 31.3. The van der Waals surface area contributed by atoms with E-state index in [0.717, 1.165) is 13.0 Å². The molecule has 0 heterocycles. The van der Waals surface area contributed by atoms with Crippen molar-refractivity contribution in [2.24, 2.45) is 0 Å². The zero-order valence-corrected chi connectivity index (χ0v) is 8.95. The number of carboxylic acids is 2. The molecular formula is C7H7MgNO5. The molecule has 0 saturated carbocycles. The van der Waals surface area contributed by atoms with Crippen LogP contribution in [0, 0.1) is 0 Å². The Bertz CT molecular complexity index is 261. The number of amides is 1. The molecule has 14 heavy (non-hydrogen) atoms. The van der Waals surface area contributed by atoms with Crippen LogP contribution >= 0.6 is 0 Å². The number of aliphatic carboxylic acids is 2. The first-order valence-electron chi connectivity index (χ1n) is 3.22. The van der Waals surface area contributed by atoms with E-state index in [1.54, 1.807) is 5.32 Å². The average Bonchev–Trinajstić information content (AvgIpc) is 2.03. The summed E-state index contributed by atoms with van der Waals surface area (Å²) in [5, 5.41) is 22.3. The Labute approximate surface area is 96.1 Å². The standard InChI is InChI=1S/C7H9NO5.Mg/c1-3-4(9)8-7(2,5(10)11)6(12)13;/h3H,1H2,2H3,(H,8,9)(H,10,11)(H,12,13);/q;+2/p-2. The number of nitrogens with one attached hydrogen (secondary N) is 1. The minimum absolute atomic E-state index is 0. The molecule has 0 atom stereocenters. The van der Waals surface area contributed by atoms with Crippen molar-refractivity contribution in [3.05, 3.63) is 12.7 Å². The number of carbonyl (C=O) groups is 3. The van der Waals surface area contributed by atoms with Gasteiger partial charge in [0.15, 0.2) is 0 Å². The molecule has 0 aromatic carbocycles. The maximum absolute atomic E-state index is 10.6. The van der Waals surface area contributed by atoms with Crippen molar-refractivity contribution in [3.63, 3.8) is 0 Å². The van der Waals surface area contributed by atoms with Gasteiger partial charge in [-0.25, -0.2) is 0 Å².